The molecule has 0 aromatic carbocycles. The van der Waals surface area contributed by atoms with Crippen molar-refractivity contribution in [2.24, 2.45) is 44.9 Å². The van der Waals surface area contributed by atoms with Crippen molar-refractivity contribution in [3.8, 4) is 0 Å². The smallest absolute Gasteiger partial charge is 0.219 e. The fourth-order valence-corrected chi connectivity index (χ4v) is 2.02. The molecule has 1 rings (SSSR count). The SMILES string of the molecule is C=C(C1CC1C)C(N=C(N)N=C(N)N)C(C)C. The highest BCUT2D eigenvalue weighted by Crippen LogP contribution is 2.45. The molecule has 1 aliphatic carbocycles. The molecule has 1 saturated carbocycles. The molecule has 96 valence electrons. The summed E-state index contributed by atoms with van der Waals surface area (Å²) in [6.07, 6.45) is 1.19. The van der Waals surface area contributed by atoms with Gasteiger partial charge in [-0.05, 0) is 29.7 Å². The standard InChI is InChI=1S/C12H23N5/c1-6(2)10(8(4)9-5-7(9)3)16-12(15)17-11(13)14/h6-7,9-10H,4-5H2,1-3H3,(H6,13,14,15,16,17). The third kappa shape index (κ3) is 3.76. The summed E-state index contributed by atoms with van der Waals surface area (Å²) in [4.78, 5) is 8.10. The molecule has 0 radical (unpaired) electrons. The van der Waals surface area contributed by atoms with Crippen LogP contribution in [0.3, 0.4) is 0 Å². The topological polar surface area (TPSA) is 103 Å². The predicted molar refractivity (Wildman–Crippen MR) is 72.5 cm³/mol. The molecule has 1 fully saturated rings. The van der Waals surface area contributed by atoms with Crippen molar-refractivity contribution in [1.82, 2.24) is 0 Å². The largest absolute Gasteiger partial charge is 0.370 e. The number of hydrogen-bond acceptors (Lipinski definition) is 1. The molecule has 5 nitrogen and oxygen atoms in total. The molecule has 0 aromatic rings. The first-order valence-corrected chi connectivity index (χ1v) is 5.94. The van der Waals surface area contributed by atoms with Crippen LogP contribution in [-0.2, 0) is 0 Å². The average molecular weight is 237 g/mol. The normalized spacial score (nSPS) is 25.5. The zero-order valence-electron chi connectivity index (χ0n) is 10.9. The lowest BCUT2D eigenvalue weighted by atomic mass is 9.94. The Bertz CT molecular complexity index is 352. The van der Waals surface area contributed by atoms with E-state index in [4.69, 9.17) is 17.2 Å². The van der Waals surface area contributed by atoms with Crippen molar-refractivity contribution in [1.29, 1.82) is 0 Å². The van der Waals surface area contributed by atoms with Crippen LogP contribution in [0.4, 0.5) is 0 Å². The Kier molecular flexibility index (Phi) is 4.15. The van der Waals surface area contributed by atoms with E-state index in [0.29, 0.717) is 17.8 Å². The Balaban J connectivity index is 2.80. The molecule has 0 spiro atoms. The summed E-state index contributed by atoms with van der Waals surface area (Å²) in [5, 5.41) is 0. The maximum atomic E-state index is 5.67. The monoisotopic (exact) mass is 237 g/mol. The lowest BCUT2D eigenvalue weighted by Gasteiger charge is -2.19. The van der Waals surface area contributed by atoms with E-state index in [-0.39, 0.29) is 18.0 Å². The molecule has 0 heterocycles. The van der Waals surface area contributed by atoms with Crippen LogP contribution in [0.25, 0.3) is 0 Å². The van der Waals surface area contributed by atoms with E-state index >= 15 is 0 Å². The molecule has 6 N–H and O–H groups in total. The van der Waals surface area contributed by atoms with Gasteiger partial charge < -0.3 is 17.2 Å². The molecule has 0 aromatic heterocycles. The Morgan fingerprint density at radius 3 is 2.18 bits per heavy atom. The van der Waals surface area contributed by atoms with E-state index in [9.17, 15) is 0 Å². The Hall–Kier alpha value is -1.52. The van der Waals surface area contributed by atoms with Gasteiger partial charge in [0.05, 0.1) is 6.04 Å². The van der Waals surface area contributed by atoms with Crippen molar-refractivity contribution in [3.05, 3.63) is 12.2 Å². The lowest BCUT2D eigenvalue weighted by molar-refractivity contribution is 0.527. The number of hydrogen-bond donors (Lipinski definition) is 3. The first kappa shape index (κ1) is 13.5. The van der Waals surface area contributed by atoms with E-state index < -0.39 is 0 Å². The van der Waals surface area contributed by atoms with Gasteiger partial charge in [-0.25, -0.2) is 4.99 Å². The highest BCUT2D eigenvalue weighted by Gasteiger charge is 2.38. The third-order valence-corrected chi connectivity index (χ3v) is 3.11. The Labute approximate surface area is 103 Å². The van der Waals surface area contributed by atoms with Crippen molar-refractivity contribution < 1.29 is 0 Å². The first-order chi connectivity index (χ1) is 7.82. The minimum Gasteiger partial charge on any atom is -0.370 e. The summed E-state index contributed by atoms with van der Waals surface area (Å²) in [6, 6.07) is -0.00644. The summed E-state index contributed by atoms with van der Waals surface area (Å²) in [7, 11) is 0. The van der Waals surface area contributed by atoms with E-state index in [1.807, 2.05) is 0 Å². The van der Waals surface area contributed by atoms with Crippen LogP contribution in [0.15, 0.2) is 22.1 Å². The molecule has 0 amide bonds. The van der Waals surface area contributed by atoms with E-state index in [0.717, 1.165) is 5.57 Å². The molecule has 0 aliphatic heterocycles. The maximum Gasteiger partial charge on any atom is 0.219 e. The molecule has 1 aliphatic rings. The number of nitrogens with zero attached hydrogens (tertiary/aromatic N) is 2. The molecule has 5 heteroatoms. The summed E-state index contributed by atoms with van der Waals surface area (Å²) >= 11 is 0. The molecular weight excluding hydrogens is 214 g/mol. The molecule has 3 unspecified atom stereocenters. The molecule has 3 atom stereocenters. The van der Waals surface area contributed by atoms with Gasteiger partial charge in [0.2, 0.25) is 5.96 Å². The van der Waals surface area contributed by atoms with Crippen molar-refractivity contribution in [2.45, 2.75) is 33.2 Å². The minimum absolute atomic E-state index is 0.00644. The fourth-order valence-electron chi connectivity index (χ4n) is 2.02. The fraction of sp³-hybridized carbons (Fsp3) is 0.667. The summed E-state index contributed by atoms with van der Waals surface area (Å²) in [5.74, 6) is 1.67. The highest BCUT2D eigenvalue weighted by atomic mass is 15.1. The van der Waals surface area contributed by atoms with E-state index in [1.54, 1.807) is 0 Å². The van der Waals surface area contributed by atoms with E-state index in [2.05, 4.69) is 37.3 Å². The highest BCUT2D eigenvalue weighted by molar-refractivity contribution is 5.92. The van der Waals surface area contributed by atoms with E-state index in [1.165, 1.54) is 6.42 Å². The Morgan fingerprint density at radius 1 is 1.29 bits per heavy atom. The minimum atomic E-state index is -0.0702. The van der Waals surface area contributed by atoms with Gasteiger partial charge in [-0.2, -0.15) is 4.99 Å². The average Bonchev–Trinajstić information content (AvgIpc) is 2.89. The molecular formula is C12H23N5. The molecule has 0 bridgehead atoms. The maximum absolute atomic E-state index is 5.67. The van der Waals surface area contributed by atoms with Gasteiger partial charge in [0.15, 0.2) is 5.96 Å². The summed E-state index contributed by atoms with van der Waals surface area (Å²) < 4.78 is 0. The van der Waals surface area contributed by atoms with Crippen molar-refractivity contribution in [2.75, 3.05) is 0 Å². The van der Waals surface area contributed by atoms with Crippen LogP contribution in [0, 0.1) is 17.8 Å². The van der Waals surface area contributed by atoms with Crippen LogP contribution in [-0.4, -0.2) is 18.0 Å². The van der Waals surface area contributed by atoms with Gasteiger partial charge in [0.1, 0.15) is 0 Å². The molecule has 17 heavy (non-hydrogen) atoms. The zero-order chi connectivity index (χ0) is 13.2. The lowest BCUT2D eigenvalue weighted by Crippen LogP contribution is -2.28. The van der Waals surface area contributed by atoms with Crippen LogP contribution in [0.1, 0.15) is 27.2 Å². The number of rotatable bonds is 4. The number of guanidine groups is 2. The third-order valence-electron chi connectivity index (χ3n) is 3.11. The quantitative estimate of drug-likeness (QED) is 0.383. The van der Waals surface area contributed by atoms with Crippen molar-refractivity contribution in [3.63, 3.8) is 0 Å². The van der Waals surface area contributed by atoms with Crippen LogP contribution < -0.4 is 17.2 Å². The first-order valence-electron chi connectivity index (χ1n) is 5.94. The van der Waals surface area contributed by atoms with Crippen LogP contribution in [0.2, 0.25) is 0 Å². The summed E-state index contributed by atoms with van der Waals surface area (Å²) in [6.45, 7) is 10.6. The van der Waals surface area contributed by atoms with Gasteiger partial charge in [-0.3, -0.25) is 0 Å². The van der Waals surface area contributed by atoms with Gasteiger partial charge in [0, 0.05) is 0 Å². The Morgan fingerprint density at radius 2 is 1.82 bits per heavy atom. The number of aliphatic imine (C=N–C) groups is 2. The second kappa shape index (κ2) is 5.21. The van der Waals surface area contributed by atoms with Gasteiger partial charge >= 0.3 is 0 Å². The summed E-state index contributed by atoms with van der Waals surface area (Å²) in [5.41, 5.74) is 17.3. The van der Waals surface area contributed by atoms with Gasteiger partial charge in [-0.15, -0.1) is 0 Å². The van der Waals surface area contributed by atoms with Crippen molar-refractivity contribution >= 4 is 11.9 Å². The van der Waals surface area contributed by atoms with Crippen LogP contribution >= 0.6 is 0 Å². The van der Waals surface area contributed by atoms with Crippen LogP contribution in [0.5, 0.6) is 0 Å². The predicted octanol–water partition coefficient (Wildman–Crippen LogP) is 0.811. The molecule has 0 saturated heterocycles. The van der Waals surface area contributed by atoms with Gasteiger partial charge in [0.25, 0.3) is 0 Å². The number of nitrogens with two attached hydrogens (primary N) is 3. The second-order valence-electron chi connectivity index (χ2n) is 5.11. The zero-order valence-corrected chi connectivity index (χ0v) is 10.9. The second-order valence-corrected chi connectivity index (χ2v) is 5.11. The van der Waals surface area contributed by atoms with Gasteiger partial charge in [-0.1, -0.05) is 27.4 Å².